The van der Waals surface area contributed by atoms with Gasteiger partial charge in [0.05, 0.1) is 0 Å². The fraction of sp³-hybridized carbons (Fsp3) is 0.500. The largest absolute Gasteiger partial charge is 0.385 e. The summed E-state index contributed by atoms with van der Waals surface area (Å²) in [7, 11) is 0. The van der Waals surface area contributed by atoms with Crippen molar-refractivity contribution in [2.24, 2.45) is 0 Å². The van der Waals surface area contributed by atoms with Crippen molar-refractivity contribution in [1.82, 2.24) is 0 Å². The lowest BCUT2D eigenvalue weighted by Gasteiger charge is -2.21. The van der Waals surface area contributed by atoms with Crippen LogP contribution in [0, 0.1) is 0 Å². The molecule has 2 rings (SSSR count). The van der Waals surface area contributed by atoms with E-state index in [9.17, 15) is 0 Å². The van der Waals surface area contributed by atoms with E-state index in [0.717, 1.165) is 6.54 Å². The summed E-state index contributed by atoms with van der Waals surface area (Å²) in [5.41, 5.74) is 4.35. The molecule has 76 valence electrons. The molecule has 1 nitrogen and oxygen atoms in total. The lowest BCUT2D eigenvalue weighted by Crippen LogP contribution is -2.13. The van der Waals surface area contributed by atoms with Gasteiger partial charge in [-0.15, -0.1) is 0 Å². The molecular weight excluding hydrogens is 238 g/mol. The summed E-state index contributed by atoms with van der Waals surface area (Å²) in [4.78, 5) is 0. The van der Waals surface area contributed by atoms with Crippen LogP contribution in [0.25, 0.3) is 0 Å². The SMILES string of the molecule is CCCc1cc(Br)cc2c1NCCC2. The zero-order chi connectivity index (χ0) is 9.97. The molecule has 0 saturated heterocycles. The summed E-state index contributed by atoms with van der Waals surface area (Å²) >= 11 is 3.58. The molecule has 1 aromatic carbocycles. The van der Waals surface area contributed by atoms with Crippen LogP contribution in [-0.4, -0.2) is 6.54 Å². The number of nitrogens with one attached hydrogen (secondary N) is 1. The van der Waals surface area contributed by atoms with Gasteiger partial charge in [0.25, 0.3) is 0 Å². The van der Waals surface area contributed by atoms with Crippen molar-refractivity contribution in [3.05, 3.63) is 27.7 Å². The van der Waals surface area contributed by atoms with Crippen LogP contribution in [0.2, 0.25) is 0 Å². The van der Waals surface area contributed by atoms with Crippen LogP contribution in [-0.2, 0) is 12.8 Å². The highest BCUT2D eigenvalue weighted by Crippen LogP contribution is 2.30. The maximum atomic E-state index is 3.58. The second kappa shape index (κ2) is 4.35. The maximum absolute atomic E-state index is 3.58. The average Bonchev–Trinajstić information content (AvgIpc) is 2.18. The Kier molecular flexibility index (Phi) is 3.12. The zero-order valence-corrected chi connectivity index (χ0v) is 10.2. The standard InChI is InChI=1S/C12H16BrN/c1-2-4-9-7-11(13)8-10-5-3-6-14-12(9)10/h7-8,14H,2-6H2,1H3. The fourth-order valence-electron chi connectivity index (χ4n) is 2.11. The lowest BCUT2D eigenvalue weighted by molar-refractivity contribution is 0.816. The van der Waals surface area contributed by atoms with Gasteiger partial charge in [-0.05, 0) is 42.5 Å². The lowest BCUT2D eigenvalue weighted by atomic mass is 9.97. The van der Waals surface area contributed by atoms with E-state index in [4.69, 9.17) is 0 Å². The molecule has 0 aliphatic carbocycles. The summed E-state index contributed by atoms with van der Waals surface area (Å²) in [6.07, 6.45) is 4.87. The van der Waals surface area contributed by atoms with E-state index >= 15 is 0 Å². The molecule has 1 aromatic rings. The van der Waals surface area contributed by atoms with Crippen LogP contribution in [0.1, 0.15) is 30.9 Å². The van der Waals surface area contributed by atoms with Gasteiger partial charge in [-0.25, -0.2) is 0 Å². The summed E-state index contributed by atoms with van der Waals surface area (Å²) in [5.74, 6) is 0. The maximum Gasteiger partial charge on any atom is 0.0406 e. The van der Waals surface area contributed by atoms with Crippen LogP contribution < -0.4 is 5.32 Å². The fourth-order valence-corrected chi connectivity index (χ4v) is 2.66. The van der Waals surface area contributed by atoms with Gasteiger partial charge in [0.1, 0.15) is 0 Å². The summed E-state index contributed by atoms with van der Waals surface area (Å²) in [6.45, 7) is 3.36. The molecule has 0 atom stereocenters. The topological polar surface area (TPSA) is 12.0 Å². The van der Waals surface area contributed by atoms with Crippen LogP contribution >= 0.6 is 15.9 Å². The second-order valence-electron chi connectivity index (χ2n) is 3.88. The minimum Gasteiger partial charge on any atom is -0.385 e. The highest BCUT2D eigenvalue weighted by atomic mass is 79.9. The number of rotatable bonds is 2. The molecule has 2 heteroatoms. The smallest absolute Gasteiger partial charge is 0.0406 e. The Hall–Kier alpha value is -0.500. The molecule has 0 saturated carbocycles. The van der Waals surface area contributed by atoms with Crippen LogP contribution in [0.4, 0.5) is 5.69 Å². The Labute approximate surface area is 94.0 Å². The Morgan fingerprint density at radius 1 is 1.43 bits per heavy atom. The van der Waals surface area contributed by atoms with Crippen molar-refractivity contribution in [1.29, 1.82) is 0 Å². The van der Waals surface area contributed by atoms with Crippen molar-refractivity contribution in [3.63, 3.8) is 0 Å². The molecule has 0 fully saturated rings. The van der Waals surface area contributed by atoms with Gasteiger partial charge in [-0.2, -0.15) is 0 Å². The predicted molar refractivity (Wildman–Crippen MR) is 64.9 cm³/mol. The second-order valence-corrected chi connectivity index (χ2v) is 4.80. The van der Waals surface area contributed by atoms with Crippen molar-refractivity contribution in [2.75, 3.05) is 11.9 Å². The summed E-state index contributed by atoms with van der Waals surface area (Å²) in [6, 6.07) is 4.50. The number of anilines is 1. The average molecular weight is 254 g/mol. The van der Waals surface area contributed by atoms with Crippen molar-refractivity contribution in [3.8, 4) is 0 Å². The molecule has 0 bridgehead atoms. The monoisotopic (exact) mass is 253 g/mol. The normalized spacial score (nSPS) is 14.7. The molecule has 1 heterocycles. The Bertz CT molecular complexity index is 333. The van der Waals surface area contributed by atoms with Gasteiger partial charge < -0.3 is 5.32 Å². The van der Waals surface area contributed by atoms with E-state index in [0.29, 0.717) is 0 Å². The minimum absolute atomic E-state index is 1.13. The number of aryl methyl sites for hydroxylation is 2. The van der Waals surface area contributed by atoms with Crippen LogP contribution in [0.3, 0.4) is 0 Å². The number of benzene rings is 1. The molecule has 14 heavy (non-hydrogen) atoms. The van der Waals surface area contributed by atoms with E-state index in [2.05, 4.69) is 40.3 Å². The third-order valence-corrected chi connectivity index (χ3v) is 3.17. The third kappa shape index (κ3) is 1.95. The van der Waals surface area contributed by atoms with Gasteiger partial charge in [-0.1, -0.05) is 29.3 Å². The highest BCUT2D eigenvalue weighted by Gasteiger charge is 2.12. The molecule has 0 spiro atoms. The number of hydrogen-bond donors (Lipinski definition) is 1. The van der Waals surface area contributed by atoms with E-state index < -0.39 is 0 Å². The van der Waals surface area contributed by atoms with Gasteiger partial charge in [0, 0.05) is 16.7 Å². The predicted octanol–water partition coefficient (Wildman–Crippen LogP) is 3.76. The molecular formula is C12H16BrN. The first-order valence-electron chi connectivity index (χ1n) is 5.36. The van der Waals surface area contributed by atoms with Gasteiger partial charge in [-0.3, -0.25) is 0 Å². The van der Waals surface area contributed by atoms with Crippen LogP contribution in [0.5, 0.6) is 0 Å². The van der Waals surface area contributed by atoms with E-state index in [1.807, 2.05) is 0 Å². The first kappa shape index (κ1) is 10.0. The molecule has 1 aliphatic heterocycles. The number of fused-ring (bicyclic) bond motifs is 1. The molecule has 0 unspecified atom stereocenters. The minimum atomic E-state index is 1.13. The van der Waals surface area contributed by atoms with Crippen molar-refractivity contribution >= 4 is 21.6 Å². The first-order valence-corrected chi connectivity index (χ1v) is 6.15. The summed E-state index contributed by atoms with van der Waals surface area (Å²) in [5, 5.41) is 3.52. The van der Waals surface area contributed by atoms with E-state index in [1.165, 1.54) is 47.0 Å². The van der Waals surface area contributed by atoms with Gasteiger partial charge >= 0.3 is 0 Å². The van der Waals surface area contributed by atoms with Gasteiger partial charge in [0.15, 0.2) is 0 Å². The highest BCUT2D eigenvalue weighted by molar-refractivity contribution is 9.10. The van der Waals surface area contributed by atoms with Crippen molar-refractivity contribution in [2.45, 2.75) is 32.6 Å². The molecule has 0 aromatic heterocycles. The van der Waals surface area contributed by atoms with E-state index in [-0.39, 0.29) is 0 Å². The zero-order valence-electron chi connectivity index (χ0n) is 8.57. The Morgan fingerprint density at radius 3 is 3.07 bits per heavy atom. The summed E-state index contributed by atoms with van der Waals surface area (Å²) < 4.78 is 1.23. The number of hydrogen-bond acceptors (Lipinski definition) is 1. The Balaban J connectivity index is 2.41. The van der Waals surface area contributed by atoms with E-state index in [1.54, 1.807) is 0 Å². The molecule has 0 radical (unpaired) electrons. The molecule has 0 amide bonds. The molecule has 1 aliphatic rings. The quantitative estimate of drug-likeness (QED) is 0.847. The molecule has 1 N–H and O–H groups in total. The van der Waals surface area contributed by atoms with Gasteiger partial charge in [0.2, 0.25) is 0 Å². The van der Waals surface area contributed by atoms with Crippen molar-refractivity contribution < 1.29 is 0 Å². The Morgan fingerprint density at radius 2 is 2.29 bits per heavy atom. The number of halogens is 1. The third-order valence-electron chi connectivity index (χ3n) is 2.71. The first-order chi connectivity index (χ1) is 6.81. The van der Waals surface area contributed by atoms with Crippen LogP contribution in [0.15, 0.2) is 16.6 Å².